The van der Waals surface area contributed by atoms with E-state index in [0.717, 1.165) is 3.57 Å². The molecule has 0 radical (unpaired) electrons. The van der Waals surface area contributed by atoms with Gasteiger partial charge in [0.1, 0.15) is 0 Å². The van der Waals surface area contributed by atoms with E-state index >= 15 is 0 Å². The summed E-state index contributed by atoms with van der Waals surface area (Å²) in [4.78, 5) is 24.1. The first kappa shape index (κ1) is 18.9. The van der Waals surface area contributed by atoms with Crippen LogP contribution in [0.5, 0.6) is 0 Å². The van der Waals surface area contributed by atoms with E-state index in [1.807, 2.05) is 28.7 Å². The van der Waals surface area contributed by atoms with Crippen LogP contribution in [0.1, 0.15) is 20.7 Å². The summed E-state index contributed by atoms with van der Waals surface area (Å²) >= 11 is 18.8. The molecule has 0 heterocycles. The number of amides is 2. The highest BCUT2D eigenvalue weighted by molar-refractivity contribution is 14.1. The van der Waals surface area contributed by atoms with Crippen LogP contribution in [0.3, 0.4) is 0 Å². The molecule has 9 heteroatoms. The van der Waals surface area contributed by atoms with Gasteiger partial charge in [-0.3, -0.25) is 25.8 Å². The van der Waals surface area contributed by atoms with Crippen molar-refractivity contribution >= 4 is 74.9 Å². The van der Waals surface area contributed by atoms with Gasteiger partial charge in [-0.1, -0.05) is 35.3 Å². The molecule has 0 fully saturated rings. The smallest absolute Gasteiger partial charge is 0.270 e. The van der Waals surface area contributed by atoms with Crippen LogP contribution in [-0.2, 0) is 0 Å². The van der Waals surface area contributed by atoms with Gasteiger partial charge in [-0.05, 0) is 65.1 Å². The van der Waals surface area contributed by atoms with Crippen LogP contribution in [0, 0.1) is 3.57 Å². The fraction of sp³-hybridized carbons (Fsp3) is 0. The molecule has 0 atom stereocenters. The number of thiocarbonyl (C=S) groups is 1. The first-order valence-corrected chi connectivity index (χ1v) is 8.74. The maximum Gasteiger partial charge on any atom is 0.270 e. The first-order valence-electron chi connectivity index (χ1n) is 6.49. The number of halogens is 3. The fourth-order valence-electron chi connectivity index (χ4n) is 1.70. The molecule has 0 saturated carbocycles. The lowest BCUT2D eigenvalue weighted by molar-refractivity contribution is 0.0934. The summed E-state index contributed by atoms with van der Waals surface area (Å²) in [5.74, 6) is -0.890. The molecule has 0 aliphatic carbocycles. The molecule has 0 bridgehead atoms. The summed E-state index contributed by atoms with van der Waals surface area (Å²) in [6, 6.07) is 11.5. The third-order valence-electron chi connectivity index (χ3n) is 2.81. The maximum atomic E-state index is 12.1. The van der Waals surface area contributed by atoms with E-state index in [1.165, 1.54) is 18.2 Å². The number of hydrogen-bond donors (Lipinski definition) is 3. The van der Waals surface area contributed by atoms with Crippen LogP contribution in [0.25, 0.3) is 0 Å². The van der Waals surface area contributed by atoms with Gasteiger partial charge in [0.15, 0.2) is 5.11 Å². The third-order valence-corrected chi connectivity index (χ3v) is 4.50. The summed E-state index contributed by atoms with van der Waals surface area (Å²) in [7, 11) is 0. The van der Waals surface area contributed by atoms with Gasteiger partial charge in [0.25, 0.3) is 11.8 Å². The van der Waals surface area contributed by atoms with Crippen LogP contribution in [0.4, 0.5) is 0 Å². The Morgan fingerprint density at radius 3 is 2.33 bits per heavy atom. The van der Waals surface area contributed by atoms with Gasteiger partial charge in [0, 0.05) is 8.59 Å². The molecule has 2 aromatic rings. The zero-order valence-electron chi connectivity index (χ0n) is 11.9. The molecule has 2 amide bonds. The van der Waals surface area contributed by atoms with Crippen molar-refractivity contribution in [2.24, 2.45) is 0 Å². The second kappa shape index (κ2) is 8.61. The van der Waals surface area contributed by atoms with Crippen molar-refractivity contribution < 1.29 is 9.59 Å². The van der Waals surface area contributed by atoms with Gasteiger partial charge >= 0.3 is 0 Å². The predicted molar refractivity (Wildman–Crippen MR) is 106 cm³/mol. The average molecular weight is 494 g/mol. The molecule has 3 N–H and O–H groups in total. The molecule has 0 unspecified atom stereocenters. The lowest BCUT2D eigenvalue weighted by Crippen LogP contribution is -2.48. The Morgan fingerprint density at radius 1 is 0.958 bits per heavy atom. The molecule has 124 valence electrons. The Kier molecular flexibility index (Phi) is 6.79. The van der Waals surface area contributed by atoms with Crippen molar-refractivity contribution in [1.82, 2.24) is 16.2 Å². The van der Waals surface area contributed by atoms with Crippen LogP contribution < -0.4 is 16.2 Å². The number of nitrogens with one attached hydrogen (secondary N) is 3. The number of hydrogen-bond acceptors (Lipinski definition) is 3. The van der Waals surface area contributed by atoms with Crippen molar-refractivity contribution in [3.05, 3.63) is 67.2 Å². The van der Waals surface area contributed by atoms with E-state index in [2.05, 4.69) is 16.2 Å². The molecule has 0 spiro atoms. The SMILES string of the molecule is O=C(NC(=S)NNC(=O)c1ccccc1I)c1ccc(Cl)cc1Cl. The molecule has 0 aliphatic heterocycles. The Balaban J connectivity index is 1.92. The maximum absolute atomic E-state index is 12.1. The summed E-state index contributed by atoms with van der Waals surface area (Å²) in [6.45, 7) is 0. The molecule has 2 aromatic carbocycles. The minimum Gasteiger partial charge on any atom is -0.298 e. The number of benzene rings is 2. The van der Waals surface area contributed by atoms with Crippen molar-refractivity contribution in [2.75, 3.05) is 0 Å². The van der Waals surface area contributed by atoms with Gasteiger partial charge in [-0.15, -0.1) is 0 Å². The van der Waals surface area contributed by atoms with Crippen LogP contribution in [-0.4, -0.2) is 16.9 Å². The second-order valence-corrected chi connectivity index (χ2v) is 6.88. The van der Waals surface area contributed by atoms with E-state index in [1.54, 1.807) is 18.2 Å². The predicted octanol–water partition coefficient (Wildman–Crippen LogP) is 3.55. The number of carbonyl (C=O) groups is 2. The van der Waals surface area contributed by atoms with E-state index in [-0.39, 0.29) is 21.6 Å². The molecule has 5 nitrogen and oxygen atoms in total. The quantitative estimate of drug-likeness (QED) is 0.340. The average Bonchev–Trinajstić information content (AvgIpc) is 2.52. The van der Waals surface area contributed by atoms with Crippen molar-refractivity contribution in [2.45, 2.75) is 0 Å². The van der Waals surface area contributed by atoms with Gasteiger partial charge in [-0.2, -0.15) is 0 Å². The molecule has 0 aromatic heterocycles. The highest BCUT2D eigenvalue weighted by atomic mass is 127. The van der Waals surface area contributed by atoms with E-state index in [0.29, 0.717) is 10.6 Å². The van der Waals surface area contributed by atoms with Crippen LogP contribution in [0.2, 0.25) is 10.0 Å². The lowest BCUT2D eigenvalue weighted by Gasteiger charge is -2.12. The lowest BCUT2D eigenvalue weighted by atomic mass is 10.2. The normalized spacial score (nSPS) is 9.96. The monoisotopic (exact) mass is 493 g/mol. The standard InChI is InChI=1S/C15H10Cl2IN3O2S/c16-8-5-6-9(11(17)7-8)13(22)19-15(24)21-20-14(23)10-3-1-2-4-12(10)18/h1-7H,(H,20,23)(H2,19,21,22,24). The minimum atomic E-state index is -0.516. The van der Waals surface area contributed by atoms with Crippen molar-refractivity contribution in [1.29, 1.82) is 0 Å². The molecule has 24 heavy (non-hydrogen) atoms. The minimum absolute atomic E-state index is 0.0645. The van der Waals surface area contributed by atoms with Crippen LogP contribution >= 0.6 is 58.0 Å². The summed E-state index contributed by atoms with van der Waals surface area (Å²) in [6.07, 6.45) is 0. The Labute approximate surface area is 167 Å². The molecule has 0 aliphatic rings. The van der Waals surface area contributed by atoms with Gasteiger partial charge in [-0.25, -0.2) is 0 Å². The van der Waals surface area contributed by atoms with Crippen molar-refractivity contribution in [3.8, 4) is 0 Å². The van der Waals surface area contributed by atoms with Gasteiger partial charge in [0.2, 0.25) is 0 Å². The van der Waals surface area contributed by atoms with Gasteiger partial charge < -0.3 is 0 Å². The summed E-state index contributed by atoms with van der Waals surface area (Å²) < 4.78 is 0.789. The zero-order valence-corrected chi connectivity index (χ0v) is 16.4. The van der Waals surface area contributed by atoms with E-state index in [4.69, 9.17) is 35.4 Å². The van der Waals surface area contributed by atoms with Gasteiger partial charge in [0.05, 0.1) is 16.1 Å². The molecular weight excluding hydrogens is 484 g/mol. The van der Waals surface area contributed by atoms with Crippen LogP contribution in [0.15, 0.2) is 42.5 Å². The molecule has 0 saturated heterocycles. The van der Waals surface area contributed by atoms with E-state index < -0.39 is 5.91 Å². The summed E-state index contributed by atoms with van der Waals surface area (Å²) in [5.41, 5.74) is 5.59. The largest absolute Gasteiger partial charge is 0.298 e. The number of rotatable bonds is 2. The zero-order chi connectivity index (χ0) is 17.7. The Hall–Kier alpha value is -1.42. The summed E-state index contributed by atoms with van der Waals surface area (Å²) in [5, 5.41) is 2.97. The first-order chi connectivity index (χ1) is 11.4. The third kappa shape index (κ3) is 5.04. The second-order valence-electron chi connectivity index (χ2n) is 4.47. The Bertz CT molecular complexity index is 817. The highest BCUT2D eigenvalue weighted by Crippen LogP contribution is 2.20. The number of hydrazine groups is 1. The Morgan fingerprint density at radius 2 is 1.67 bits per heavy atom. The van der Waals surface area contributed by atoms with E-state index in [9.17, 15) is 9.59 Å². The molecular formula is C15H10Cl2IN3O2S. The fourth-order valence-corrected chi connectivity index (χ4v) is 2.97. The number of carbonyl (C=O) groups excluding carboxylic acids is 2. The molecule has 2 rings (SSSR count). The topological polar surface area (TPSA) is 70.2 Å². The van der Waals surface area contributed by atoms with Crippen molar-refractivity contribution in [3.63, 3.8) is 0 Å². The highest BCUT2D eigenvalue weighted by Gasteiger charge is 2.13.